The van der Waals surface area contributed by atoms with Gasteiger partial charge in [-0.3, -0.25) is 9.59 Å². The Morgan fingerprint density at radius 1 is 1.05 bits per heavy atom. The second-order valence-electron chi connectivity index (χ2n) is 5.92. The summed E-state index contributed by atoms with van der Waals surface area (Å²) in [6, 6.07) is 0. The van der Waals surface area contributed by atoms with Gasteiger partial charge in [-0.25, -0.2) is 4.99 Å². The first kappa shape index (κ1) is 23.2. The van der Waals surface area contributed by atoms with E-state index in [1.54, 1.807) is 14.1 Å². The van der Waals surface area contributed by atoms with E-state index in [2.05, 4.69) is 20.9 Å². The van der Waals surface area contributed by atoms with Crippen molar-refractivity contribution in [2.24, 2.45) is 10.4 Å². The maximum absolute atomic E-state index is 11.7. The zero-order chi connectivity index (χ0) is 16.5. The molecule has 130 valence electrons. The van der Waals surface area contributed by atoms with E-state index in [0.29, 0.717) is 25.6 Å². The number of amides is 2. The Hall–Kier alpha value is -1.06. The lowest BCUT2D eigenvalue weighted by molar-refractivity contribution is -0.128. The van der Waals surface area contributed by atoms with Gasteiger partial charge in [0.2, 0.25) is 11.8 Å². The fourth-order valence-electron chi connectivity index (χ4n) is 1.25. The molecular formula is C14H30IN5O2. The van der Waals surface area contributed by atoms with Gasteiger partial charge in [-0.1, -0.05) is 20.8 Å². The van der Waals surface area contributed by atoms with E-state index in [4.69, 9.17) is 0 Å². The number of aliphatic imine (C=N–C) groups is 1. The Kier molecular flexibility index (Phi) is 12.1. The van der Waals surface area contributed by atoms with Gasteiger partial charge >= 0.3 is 0 Å². The zero-order valence-electron chi connectivity index (χ0n) is 14.4. The number of rotatable bonds is 6. The summed E-state index contributed by atoms with van der Waals surface area (Å²) in [5, 5.41) is 8.97. The van der Waals surface area contributed by atoms with Gasteiger partial charge in [-0.05, 0) is 6.92 Å². The molecule has 2 amide bonds. The first-order valence-corrected chi connectivity index (χ1v) is 7.19. The average Bonchev–Trinajstić information content (AvgIpc) is 2.38. The molecule has 0 atom stereocenters. The predicted octanol–water partition coefficient (Wildman–Crippen LogP) is 0.410. The number of hydrogen-bond donors (Lipinski definition) is 3. The third kappa shape index (κ3) is 10.6. The summed E-state index contributed by atoms with van der Waals surface area (Å²) in [7, 11) is 3.39. The van der Waals surface area contributed by atoms with Crippen LogP contribution in [-0.4, -0.2) is 62.9 Å². The lowest BCUT2D eigenvalue weighted by atomic mass is 9.96. The molecule has 7 nitrogen and oxygen atoms in total. The van der Waals surface area contributed by atoms with Gasteiger partial charge in [-0.15, -0.1) is 24.0 Å². The molecule has 0 rings (SSSR count). The minimum atomic E-state index is -0.392. The number of hydrogen-bond acceptors (Lipinski definition) is 3. The van der Waals surface area contributed by atoms with Crippen LogP contribution in [0.5, 0.6) is 0 Å². The molecule has 0 aliphatic heterocycles. The minimum Gasteiger partial charge on any atom is -0.357 e. The van der Waals surface area contributed by atoms with Crippen molar-refractivity contribution in [2.45, 2.75) is 27.7 Å². The highest BCUT2D eigenvalue weighted by molar-refractivity contribution is 14.0. The third-order valence-electron chi connectivity index (χ3n) is 2.60. The Bertz CT molecular complexity index is 378. The summed E-state index contributed by atoms with van der Waals surface area (Å²) >= 11 is 0. The number of likely N-dealkylation sites (N-methyl/N-ethyl adjacent to an activating group) is 1. The van der Waals surface area contributed by atoms with Crippen LogP contribution < -0.4 is 16.0 Å². The number of carbonyl (C=O) groups excluding carboxylic acids is 2. The van der Waals surface area contributed by atoms with Gasteiger partial charge in [0.25, 0.3) is 0 Å². The minimum absolute atomic E-state index is 0. The number of guanidine groups is 1. The van der Waals surface area contributed by atoms with Crippen LogP contribution in [0.25, 0.3) is 0 Å². The third-order valence-corrected chi connectivity index (χ3v) is 2.60. The lowest BCUT2D eigenvalue weighted by Gasteiger charge is -2.18. The van der Waals surface area contributed by atoms with Gasteiger partial charge < -0.3 is 20.9 Å². The number of halogens is 1. The summed E-state index contributed by atoms with van der Waals surface area (Å²) < 4.78 is 0. The number of nitrogens with one attached hydrogen (secondary N) is 3. The van der Waals surface area contributed by atoms with Crippen molar-refractivity contribution in [1.82, 2.24) is 20.9 Å². The van der Waals surface area contributed by atoms with Crippen LogP contribution in [0.4, 0.5) is 0 Å². The molecule has 0 aromatic heterocycles. The average molecular weight is 427 g/mol. The van der Waals surface area contributed by atoms with Gasteiger partial charge in [0.15, 0.2) is 5.96 Å². The second-order valence-corrected chi connectivity index (χ2v) is 5.92. The van der Waals surface area contributed by atoms with E-state index in [1.165, 1.54) is 4.90 Å². The van der Waals surface area contributed by atoms with E-state index in [-0.39, 0.29) is 42.3 Å². The molecule has 22 heavy (non-hydrogen) atoms. The van der Waals surface area contributed by atoms with Crippen LogP contribution in [0.1, 0.15) is 27.7 Å². The Morgan fingerprint density at radius 2 is 1.59 bits per heavy atom. The molecule has 0 saturated carbocycles. The molecular weight excluding hydrogens is 397 g/mol. The standard InChI is InChI=1S/C14H29N5O2.HI/c1-7-15-13(18-10-11(20)19(5)6)17-9-8-16-12(21)14(2,3)4;/h7-10H2,1-6H3,(H,16,21)(H2,15,17,18);1H. The topological polar surface area (TPSA) is 85.8 Å². The van der Waals surface area contributed by atoms with Crippen molar-refractivity contribution in [3.05, 3.63) is 0 Å². The van der Waals surface area contributed by atoms with E-state index in [0.717, 1.165) is 0 Å². The molecule has 0 saturated heterocycles. The largest absolute Gasteiger partial charge is 0.357 e. The Balaban J connectivity index is 0. The highest BCUT2D eigenvalue weighted by Gasteiger charge is 2.20. The van der Waals surface area contributed by atoms with E-state index >= 15 is 0 Å². The Morgan fingerprint density at radius 3 is 2.05 bits per heavy atom. The van der Waals surface area contributed by atoms with Crippen LogP contribution in [0.3, 0.4) is 0 Å². The van der Waals surface area contributed by atoms with Crippen molar-refractivity contribution in [3.63, 3.8) is 0 Å². The number of nitrogens with zero attached hydrogens (tertiary/aromatic N) is 2. The van der Waals surface area contributed by atoms with Crippen LogP contribution >= 0.6 is 24.0 Å². The second kappa shape index (κ2) is 11.5. The van der Waals surface area contributed by atoms with Gasteiger partial charge in [0, 0.05) is 39.1 Å². The van der Waals surface area contributed by atoms with Gasteiger partial charge in [-0.2, -0.15) is 0 Å². The van der Waals surface area contributed by atoms with Crippen molar-refractivity contribution in [3.8, 4) is 0 Å². The summed E-state index contributed by atoms with van der Waals surface area (Å²) in [5.41, 5.74) is -0.392. The first-order chi connectivity index (χ1) is 9.68. The highest BCUT2D eigenvalue weighted by atomic mass is 127. The maximum Gasteiger partial charge on any atom is 0.243 e. The molecule has 0 bridgehead atoms. The fourth-order valence-corrected chi connectivity index (χ4v) is 1.25. The quantitative estimate of drug-likeness (QED) is 0.248. The molecule has 0 heterocycles. The molecule has 0 spiro atoms. The monoisotopic (exact) mass is 427 g/mol. The Labute approximate surface area is 150 Å². The fraction of sp³-hybridized carbons (Fsp3) is 0.786. The molecule has 0 radical (unpaired) electrons. The molecule has 0 aromatic carbocycles. The van der Waals surface area contributed by atoms with Gasteiger partial charge in [0.1, 0.15) is 6.54 Å². The van der Waals surface area contributed by atoms with Crippen LogP contribution in [0.2, 0.25) is 0 Å². The van der Waals surface area contributed by atoms with Crippen molar-refractivity contribution in [1.29, 1.82) is 0 Å². The summed E-state index contributed by atoms with van der Waals surface area (Å²) in [5.74, 6) is 0.514. The molecule has 0 unspecified atom stereocenters. The number of carbonyl (C=O) groups is 2. The van der Waals surface area contributed by atoms with Crippen molar-refractivity contribution in [2.75, 3.05) is 40.3 Å². The first-order valence-electron chi connectivity index (χ1n) is 7.19. The van der Waals surface area contributed by atoms with Gasteiger partial charge in [0.05, 0.1) is 0 Å². The van der Waals surface area contributed by atoms with E-state index in [1.807, 2.05) is 27.7 Å². The molecule has 0 aromatic rings. The molecule has 3 N–H and O–H groups in total. The lowest BCUT2D eigenvalue weighted by Crippen LogP contribution is -2.43. The smallest absolute Gasteiger partial charge is 0.243 e. The normalized spacial score (nSPS) is 11.3. The van der Waals surface area contributed by atoms with E-state index in [9.17, 15) is 9.59 Å². The van der Waals surface area contributed by atoms with Crippen LogP contribution in [0, 0.1) is 5.41 Å². The SMILES string of the molecule is CCNC(=NCC(=O)N(C)C)NCCNC(=O)C(C)(C)C.I. The summed E-state index contributed by atoms with van der Waals surface area (Å²) in [6.07, 6.45) is 0. The zero-order valence-corrected chi connectivity index (χ0v) is 16.8. The molecule has 0 fully saturated rings. The van der Waals surface area contributed by atoms with Crippen molar-refractivity contribution >= 4 is 41.8 Å². The molecule has 0 aliphatic carbocycles. The maximum atomic E-state index is 11.7. The van der Waals surface area contributed by atoms with E-state index < -0.39 is 5.41 Å². The summed E-state index contributed by atoms with van der Waals surface area (Å²) in [6.45, 7) is 9.40. The highest BCUT2D eigenvalue weighted by Crippen LogP contribution is 2.11. The molecule has 8 heteroatoms. The van der Waals surface area contributed by atoms with Crippen LogP contribution in [-0.2, 0) is 9.59 Å². The predicted molar refractivity (Wildman–Crippen MR) is 101 cm³/mol. The van der Waals surface area contributed by atoms with Crippen molar-refractivity contribution < 1.29 is 9.59 Å². The van der Waals surface area contributed by atoms with Crippen LogP contribution in [0.15, 0.2) is 4.99 Å². The summed E-state index contributed by atoms with van der Waals surface area (Å²) in [4.78, 5) is 28.9. The molecule has 0 aliphatic rings.